The fourth-order valence-electron chi connectivity index (χ4n) is 2.36. The Morgan fingerprint density at radius 1 is 1.24 bits per heavy atom. The van der Waals surface area contributed by atoms with Crippen LogP contribution in [0.15, 0.2) is 40.1 Å². The number of carbonyl (C=O) groups is 1. The highest BCUT2D eigenvalue weighted by Crippen LogP contribution is 2.29. The Bertz CT molecular complexity index is 936. The van der Waals surface area contributed by atoms with Gasteiger partial charge in [-0.1, -0.05) is 11.8 Å². The molecule has 0 fully saturated rings. The molecule has 0 aliphatic heterocycles. The molecule has 0 N–H and O–H groups in total. The van der Waals surface area contributed by atoms with Gasteiger partial charge < -0.3 is 8.98 Å². The zero-order valence-corrected chi connectivity index (χ0v) is 14.6. The standard InChI is InChI=1S/C17H15F2N3O2S/c1-9-12(6-7-24-9)16-20-21-17(22(16)3)25-10(2)15(23)11-4-5-13(18)14(19)8-11/h4-8,10H,1-3H3/t10-/m1/s1. The average Bonchev–Trinajstić information content (AvgIpc) is 3.15. The van der Waals surface area contributed by atoms with Gasteiger partial charge in [-0.05, 0) is 38.1 Å². The normalized spacial score (nSPS) is 12.4. The van der Waals surface area contributed by atoms with Gasteiger partial charge in [-0.2, -0.15) is 0 Å². The molecule has 0 aliphatic carbocycles. The van der Waals surface area contributed by atoms with E-state index in [1.165, 1.54) is 17.8 Å². The summed E-state index contributed by atoms with van der Waals surface area (Å²) in [4.78, 5) is 12.4. The van der Waals surface area contributed by atoms with Gasteiger partial charge in [0.1, 0.15) is 5.76 Å². The summed E-state index contributed by atoms with van der Waals surface area (Å²) >= 11 is 1.20. The van der Waals surface area contributed by atoms with Crippen LogP contribution in [0.5, 0.6) is 0 Å². The molecule has 8 heteroatoms. The maximum atomic E-state index is 13.3. The number of rotatable bonds is 5. The molecule has 2 aromatic heterocycles. The second kappa shape index (κ2) is 6.79. The molecule has 5 nitrogen and oxygen atoms in total. The van der Waals surface area contributed by atoms with Gasteiger partial charge in [-0.15, -0.1) is 10.2 Å². The Hall–Kier alpha value is -2.48. The van der Waals surface area contributed by atoms with Gasteiger partial charge in [-0.3, -0.25) is 4.79 Å². The van der Waals surface area contributed by atoms with E-state index in [0.29, 0.717) is 11.0 Å². The molecule has 25 heavy (non-hydrogen) atoms. The maximum Gasteiger partial charge on any atom is 0.191 e. The van der Waals surface area contributed by atoms with Gasteiger partial charge in [0.25, 0.3) is 0 Å². The van der Waals surface area contributed by atoms with E-state index in [4.69, 9.17) is 4.42 Å². The first-order valence-electron chi connectivity index (χ1n) is 7.48. The van der Waals surface area contributed by atoms with E-state index in [0.717, 1.165) is 23.5 Å². The third kappa shape index (κ3) is 3.34. The van der Waals surface area contributed by atoms with Crippen LogP contribution in [0, 0.1) is 18.6 Å². The second-order valence-electron chi connectivity index (χ2n) is 5.51. The topological polar surface area (TPSA) is 60.9 Å². The van der Waals surface area contributed by atoms with E-state index in [2.05, 4.69) is 10.2 Å². The molecule has 1 aromatic carbocycles. The smallest absolute Gasteiger partial charge is 0.191 e. The van der Waals surface area contributed by atoms with Crippen molar-refractivity contribution in [3.8, 4) is 11.4 Å². The highest BCUT2D eigenvalue weighted by molar-refractivity contribution is 8.00. The van der Waals surface area contributed by atoms with Crippen LogP contribution in [0.2, 0.25) is 0 Å². The van der Waals surface area contributed by atoms with E-state index in [9.17, 15) is 13.6 Å². The van der Waals surface area contributed by atoms with Crippen molar-refractivity contribution in [2.45, 2.75) is 24.3 Å². The number of benzene rings is 1. The summed E-state index contributed by atoms with van der Waals surface area (Å²) in [5.74, 6) is -0.989. The Balaban J connectivity index is 1.80. The first kappa shape index (κ1) is 17.3. The highest BCUT2D eigenvalue weighted by Gasteiger charge is 2.22. The predicted molar refractivity (Wildman–Crippen MR) is 89.4 cm³/mol. The van der Waals surface area contributed by atoms with E-state index in [1.807, 2.05) is 6.92 Å². The molecule has 0 bridgehead atoms. The fraction of sp³-hybridized carbons (Fsp3) is 0.235. The number of halogens is 2. The number of nitrogens with zero attached hydrogens (tertiary/aromatic N) is 3. The molecular formula is C17H15F2N3O2S. The van der Waals surface area contributed by atoms with Crippen molar-refractivity contribution in [3.63, 3.8) is 0 Å². The third-order valence-corrected chi connectivity index (χ3v) is 4.92. The molecule has 3 aromatic rings. The van der Waals surface area contributed by atoms with Crippen LogP contribution < -0.4 is 0 Å². The number of hydrogen-bond donors (Lipinski definition) is 0. The summed E-state index contributed by atoms with van der Waals surface area (Å²) in [6.45, 7) is 3.51. The minimum absolute atomic E-state index is 0.118. The van der Waals surface area contributed by atoms with E-state index in [-0.39, 0.29) is 11.3 Å². The SMILES string of the molecule is Cc1occc1-c1nnc(S[C@H](C)C(=O)c2ccc(F)c(F)c2)n1C. The van der Waals surface area contributed by atoms with Crippen LogP contribution in [0.4, 0.5) is 8.78 Å². The van der Waals surface area contributed by atoms with Gasteiger partial charge in [0.15, 0.2) is 28.4 Å². The number of ketones is 1. The summed E-state index contributed by atoms with van der Waals surface area (Å²) in [6, 6.07) is 4.92. The van der Waals surface area contributed by atoms with Crippen LogP contribution in [0.3, 0.4) is 0 Å². The van der Waals surface area contributed by atoms with Gasteiger partial charge >= 0.3 is 0 Å². The van der Waals surface area contributed by atoms with Gasteiger partial charge in [-0.25, -0.2) is 8.78 Å². The van der Waals surface area contributed by atoms with E-state index in [1.54, 1.807) is 30.9 Å². The lowest BCUT2D eigenvalue weighted by molar-refractivity contribution is 0.0993. The third-order valence-electron chi connectivity index (χ3n) is 3.79. The first-order valence-corrected chi connectivity index (χ1v) is 8.36. The quantitative estimate of drug-likeness (QED) is 0.506. The lowest BCUT2D eigenvalue weighted by atomic mass is 10.1. The molecule has 0 amide bonds. The number of aryl methyl sites for hydroxylation is 1. The molecule has 0 saturated carbocycles. The van der Waals surface area contributed by atoms with Gasteiger partial charge in [0.05, 0.1) is 17.1 Å². The van der Waals surface area contributed by atoms with Crippen molar-refractivity contribution < 1.29 is 18.0 Å². The molecule has 0 radical (unpaired) electrons. The predicted octanol–water partition coefficient (Wildman–Crippen LogP) is 4.03. The molecule has 0 unspecified atom stereocenters. The Kier molecular flexibility index (Phi) is 4.71. The van der Waals surface area contributed by atoms with Crippen molar-refractivity contribution in [2.24, 2.45) is 7.05 Å². The number of furan rings is 1. The monoisotopic (exact) mass is 363 g/mol. The Morgan fingerprint density at radius 3 is 2.64 bits per heavy atom. The minimum Gasteiger partial charge on any atom is -0.469 e. The summed E-state index contributed by atoms with van der Waals surface area (Å²) in [6.07, 6.45) is 1.57. The maximum absolute atomic E-state index is 13.3. The molecule has 0 saturated heterocycles. The lowest BCUT2D eigenvalue weighted by Crippen LogP contribution is -2.15. The van der Waals surface area contributed by atoms with Gasteiger partial charge in [0.2, 0.25) is 0 Å². The number of aromatic nitrogens is 3. The largest absolute Gasteiger partial charge is 0.469 e. The first-order chi connectivity index (χ1) is 11.9. The molecule has 130 valence electrons. The molecule has 0 spiro atoms. The molecule has 3 rings (SSSR count). The lowest BCUT2D eigenvalue weighted by Gasteiger charge is -2.10. The van der Waals surface area contributed by atoms with Crippen LogP contribution in [0.25, 0.3) is 11.4 Å². The minimum atomic E-state index is -1.04. The van der Waals surface area contributed by atoms with Crippen molar-refractivity contribution in [1.82, 2.24) is 14.8 Å². The van der Waals surface area contributed by atoms with Crippen molar-refractivity contribution in [1.29, 1.82) is 0 Å². The highest BCUT2D eigenvalue weighted by atomic mass is 32.2. The van der Waals surface area contributed by atoms with Crippen LogP contribution in [-0.4, -0.2) is 25.8 Å². The summed E-state index contributed by atoms with van der Waals surface area (Å²) in [5.41, 5.74) is 0.938. The second-order valence-corrected chi connectivity index (χ2v) is 6.82. The van der Waals surface area contributed by atoms with Crippen molar-refractivity contribution in [2.75, 3.05) is 0 Å². The molecular weight excluding hydrogens is 348 g/mol. The fourth-order valence-corrected chi connectivity index (χ4v) is 3.26. The summed E-state index contributed by atoms with van der Waals surface area (Å²) in [7, 11) is 1.79. The van der Waals surface area contributed by atoms with E-state index >= 15 is 0 Å². The zero-order chi connectivity index (χ0) is 18.1. The number of Topliss-reactive ketones (excluding diaryl/α,β-unsaturated/α-hetero) is 1. The van der Waals surface area contributed by atoms with Crippen LogP contribution >= 0.6 is 11.8 Å². The van der Waals surface area contributed by atoms with Crippen molar-refractivity contribution in [3.05, 3.63) is 53.5 Å². The van der Waals surface area contributed by atoms with Gasteiger partial charge in [0, 0.05) is 12.6 Å². The average molecular weight is 363 g/mol. The molecule has 0 aliphatic rings. The molecule has 1 atom stereocenters. The van der Waals surface area contributed by atoms with Crippen molar-refractivity contribution >= 4 is 17.5 Å². The van der Waals surface area contributed by atoms with Crippen LogP contribution in [0.1, 0.15) is 23.0 Å². The number of hydrogen-bond acceptors (Lipinski definition) is 5. The number of carbonyl (C=O) groups excluding carboxylic acids is 1. The van der Waals surface area contributed by atoms with Crippen LogP contribution in [-0.2, 0) is 7.05 Å². The Labute approximate surface area is 147 Å². The van der Waals surface area contributed by atoms with E-state index < -0.39 is 16.9 Å². The zero-order valence-electron chi connectivity index (χ0n) is 13.8. The summed E-state index contributed by atoms with van der Waals surface area (Å²) in [5, 5.41) is 8.25. The number of thioether (sulfide) groups is 1. The summed E-state index contributed by atoms with van der Waals surface area (Å²) < 4.78 is 33.4. The Morgan fingerprint density at radius 2 is 2.00 bits per heavy atom. The molecule has 2 heterocycles.